The van der Waals surface area contributed by atoms with Crippen LogP contribution >= 0.6 is 0 Å². The zero-order valence-electron chi connectivity index (χ0n) is 17.3. The van der Waals surface area contributed by atoms with Gasteiger partial charge in [-0.2, -0.15) is 0 Å². The predicted octanol–water partition coefficient (Wildman–Crippen LogP) is 3.85. The second-order valence-corrected chi connectivity index (χ2v) is 8.09. The molecule has 0 aliphatic rings. The van der Waals surface area contributed by atoms with Crippen LogP contribution in [-0.4, -0.2) is 44.8 Å². The van der Waals surface area contributed by atoms with Crippen LogP contribution in [0.15, 0.2) is 36.4 Å². The lowest BCUT2D eigenvalue weighted by molar-refractivity contribution is -0.890. The van der Waals surface area contributed by atoms with E-state index in [1.165, 1.54) is 0 Å². The van der Waals surface area contributed by atoms with E-state index in [9.17, 15) is 0 Å². The van der Waals surface area contributed by atoms with Crippen molar-refractivity contribution in [3.63, 3.8) is 0 Å². The van der Waals surface area contributed by atoms with E-state index >= 15 is 0 Å². The molecule has 0 radical (unpaired) electrons. The van der Waals surface area contributed by atoms with Crippen molar-refractivity contribution >= 4 is 22.7 Å². The molecule has 27 heavy (non-hydrogen) atoms. The Kier molecular flexibility index (Phi) is 7.36. The van der Waals surface area contributed by atoms with Gasteiger partial charge in [0.25, 0.3) is 0 Å². The first-order chi connectivity index (χ1) is 12.8. The Bertz CT molecular complexity index is 678. The Labute approximate surface area is 164 Å². The number of nitrogens with one attached hydrogen (secondary N) is 2. The molecule has 148 valence electrons. The van der Waals surface area contributed by atoms with Gasteiger partial charge in [-0.1, -0.05) is 0 Å². The minimum absolute atomic E-state index is 0.848. The lowest BCUT2D eigenvalue weighted by Crippen LogP contribution is -2.42. The summed E-state index contributed by atoms with van der Waals surface area (Å²) < 4.78 is 1.03. The van der Waals surface area contributed by atoms with Crippen molar-refractivity contribution in [1.82, 2.24) is 0 Å². The molecule has 2 rings (SSSR count). The summed E-state index contributed by atoms with van der Waals surface area (Å²) in [6, 6.07) is 12.3. The molecule has 5 heteroatoms. The number of hydrogen-bond acceptors (Lipinski definition) is 4. The summed E-state index contributed by atoms with van der Waals surface area (Å²) in [5.41, 5.74) is 18.0. The summed E-state index contributed by atoms with van der Waals surface area (Å²) in [4.78, 5) is 0. The number of benzene rings is 2. The number of nitrogen functional groups attached to an aromatic ring is 2. The van der Waals surface area contributed by atoms with Crippen LogP contribution in [0, 0.1) is 13.8 Å². The molecule has 0 unspecified atom stereocenters. The molecule has 0 spiro atoms. The van der Waals surface area contributed by atoms with Gasteiger partial charge >= 0.3 is 0 Å². The van der Waals surface area contributed by atoms with Gasteiger partial charge in [-0.3, -0.25) is 0 Å². The smallest absolute Gasteiger partial charge is 0.0799 e. The molecule has 0 bridgehead atoms. The van der Waals surface area contributed by atoms with Crippen LogP contribution in [-0.2, 0) is 0 Å². The van der Waals surface area contributed by atoms with E-state index in [2.05, 4.69) is 36.9 Å². The van der Waals surface area contributed by atoms with Crippen LogP contribution in [0.3, 0.4) is 0 Å². The van der Waals surface area contributed by atoms with Crippen molar-refractivity contribution in [1.29, 1.82) is 0 Å². The Morgan fingerprint density at radius 1 is 0.741 bits per heavy atom. The second kappa shape index (κ2) is 9.51. The first kappa shape index (κ1) is 20.9. The standard InChI is InChI=1S/C22H36N5/c1-17-15-19(7-9-21(17)23)25-11-5-13-27(3,4)14-6-12-26-20-8-10-22(24)18(2)16-20/h7-10,15-16,25-26H,5-6,11-14,23-24H2,1-4H3/q+1. The van der Waals surface area contributed by atoms with Gasteiger partial charge in [0.05, 0.1) is 27.2 Å². The predicted molar refractivity (Wildman–Crippen MR) is 119 cm³/mol. The van der Waals surface area contributed by atoms with Crippen LogP contribution in [0.25, 0.3) is 0 Å². The van der Waals surface area contributed by atoms with Gasteiger partial charge < -0.3 is 26.6 Å². The van der Waals surface area contributed by atoms with E-state index in [-0.39, 0.29) is 0 Å². The van der Waals surface area contributed by atoms with E-state index in [0.717, 1.165) is 77.4 Å². The molecule has 6 N–H and O–H groups in total. The number of quaternary nitrogens is 1. The minimum atomic E-state index is 0.848. The molecule has 0 atom stereocenters. The number of hydrogen-bond donors (Lipinski definition) is 4. The fourth-order valence-corrected chi connectivity index (χ4v) is 3.16. The molecule has 0 fully saturated rings. The third-order valence-corrected chi connectivity index (χ3v) is 5.08. The quantitative estimate of drug-likeness (QED) is 0.291. The molecule has 0 saturated carbocycles. The third kappa shape index (κ3) is 7.02. The van der Waals surface area contributed by atoms with E-state index in [4.69, 9.17) is 11.5 Å². The number of rotatable bonds is 10. The highest BCUT2D eigenvalue weighted by atomic mass is 15.3. The van der Waals surface area contributed by atoms with Gasteiger partial charge in [-0.05, 0) is 61.4 Å². The Morgan fingerprint density at radius 2 is 1.15 bits per heavy atom. The maximum absolute atomic E-state index is 5.87. The Balaban J connectivity index is 1.64. The molecular formula is C22H36N5+. The molecule has 2 aromatic carbocycles. The average molecular weight is 371 g/mol. The average Bonchev–Trinajstić information content (AvgIpc) is 2.62. The van der Waals surface area contributed by atoms with E-state index < -0.39 is 0 Å². The number of aryl methyl sites for hydroxylation is 2. The van der Waals surface area contributed by atoms with E-state index in [0.29, 0.717) is 0 Å². The van der Waals surface area contributed by atoms with Crippen molar-refractivity contribution < 1.29 is 4.48 Å². The molecule has 0 aliphatic heterocycles. The third-order valence-electron chi connectivity index (χ3n) is 5.08. The number of nitrogens with zero attached hydrogens (tertiary/aromatic N) is 1. The summed E-state index contributed by atoms with van der Waals surface area (Å²) in [7, 11) is 4.61. The maximum Gasteiger partial charge on any atom is 0.0799 e. The highest BCUT2D eigenvalue weighted by Gasteiger charge is 2.13. The molecule has 0 aliphatic carbocycles. The number of nitrogens with two attached hydrogens (primary N) is 2. The lowest BCUT2D eigenvalue weighted by atomic mass is 10.2. The van der Waals surface area contributed by atoms with Crippen molar-refractivity contribution in [2.24, 2.45) is 0 Å². The highest BCUT2D eigenvalue weighted by molar-refractivity contribution is 5.57. The summed E-state index contributed by atoms with van der Waals surface area (Å²) >= 11 is 0. The van der Waals surface area contributed by atoms with Crippen molar-refractivity contribution in [2.75, 3.05) is 62.4 Å². The highest BCUT2D eigenvalue weighted by Crippen LogP contribution is 2.17. The fraction of sp³-hybridized carbons (Fsp3) is 0.455. The van der Waals surface area contributed by atoms with Crippen molar-refractivity contribution in [3.05, 3.63) is 47.5 Å². The summed E-state index contributed by atoms with van der Waals surface area (Å²) in [6.45, 7) is 8.35. The molecule has 5 nitrogen and oxygen atoms in total. The van der Waals surface area contributed by atoms with Crippen molar-refractivity contribution in [2.45, 2.75) is 26.7 Å². The SMILES string of the molecule is Cc1cc(NCCC[N+](C)(C)CCCNc2ccc(N)c(C)c2)ccc1N. The van der Waals surface area contributed by atoms with Crippen LogP contribution in [0.2, 0.25) is 0 Å². The minimum Gasteiger partial charge on any atom is -0.399 e. The van der Waals surface area contributed by atoms with Gasteiger partial charge in [-0.25, -0.2) is 0 Å². The van der Waals surface area contributed by atoms with Gasteiger partial charge in [0.2, 0.25) is 0 Å². The molecule has 0 saturated heterocycles. The zero-order chi connectivity index (χ0) is 19.9. The first-order valence-corrected chi connectivity index (χ1v) is 9.79. The summed E-state index contributed by atoms with van der Waals surface area (Å²) in [5, 5.41) is 6.99. The molecular weight excluding hydrogens is 334 g/mol. The maximum atomic E-state index is 5.87. The van der Waals surface area contributed by atoms with Crippen LogP contribution < -0.4 is 22.1 Å². The molecule has 0 amide bonds. The second-order valence-electron chi connectivity index (χ2n) is 8.09. The van der Waals surface area contributed by atoms with Gasteiger partial charge in [0.1, 0.15) is 0 Å². The van der Waals surface area contributed by atoms with Gasteiger partial charge in [0.15, 0.2) is 0 Å². The van der Waals surface area contributed by atoms with Crippen LogP contribution in [0.1, 0.15) is 24.0 Å². The Morgan fingerprint density at radius 3 is 1.52 bits per heavy atom. The monoisotopic (exact) mass is 370 g/mol. The largest absolute Gasteiger partial charge is 0.399 e. The Hall–Kier alpha value is -2.40. The summed E-state index contributed by atoms with van der Waals surface area (Å²) in [6.07, 6.45) is 2.28. The van der Waals surface area contributed by atoms with Crippen LogP contribution in [0.5, 0.6) is 0 Å². The molecule has 0 aromatic heterocycles. The van der Waals surface area contributed by atoms with Crippen LogP contribution in [0.4, 0.5) is 22.7 Å². The van der Waals surface area contributed by atoms with Crippen molar-refractivity contribution in [3.8, 4) is 0 Å². The molecule has 0 heterocycles. The lowest BCUT2D eigenvalue weighted by Gasteiger charge is -2.30. The fourth-order valence-electron chi connectivity index (χ4n) is 3.16. The number of anilines is 4. The van der Waals surface area contributed by atoms with E-state index in [1.54, 1.807) is 0 Å². The summed E-state index contributed by atoms with van der Waals surface area (Å²) in [5.74, 6) is 0. The topological polar surface area (TPSA) is 76.1 Å². The molecule has 2 aromatic rings. The van der Waals surface area contributed by atoms with Gasteiger partial charge in [-0.15, -0.1) is 0 Å². The van der Waals surface area contributed by atoms with E-state index in [1.807, 2.05) is 38.1 Å². The zero-order valence-corrected chi connectivity index (χ0v) is 17.3. The van der Waals surface area contributed by atoms with Gasteiger partial charge in [0, 0.05) is 48.7 Å². The normalized spacial score (nSPS) is 11.4. The first-order valence-electron chi connectivity index (χ1n) is 9.79.